The fraction of sp³-hybridized carbons (Fsp3) is 0.400. The summed E-state index contributed by atoms with van der Waals surface area (Å²) in [5.74, 6) is 2.24. The fourth-order valence-electron chi connectivity index (χ4n) is 2.52. The van der Waals surface area contributed by atoms with E-state index in [4.69, 9.17) is 9.47 Å². The maximum absolute atomic E-state index is 5.95. The molecule has 2 aromatic carbocycles. The summed E-state index contributed by atoms with van der Waals surface area (Å²) < 4.78 is 12.7. The van der Waals surface area contributed by atoms with Crippen LogP contribution < -0.4 is 14.8 Å². The van der Waals surface area contributed by atoms with Crippen LogP contribution in [0.2, 0.25) is 0 Å². The molecule has 0 saturated heterocycles. The first kappa shape index (κ1) is 18.8. The van der Waals surface area contributed by atoms with Crippen molar-refractivity contribution < 1.29 is 9.47 Å². The van der Waals surface area contributed by atoms with Gasteiger partial charge in [-0.05, 0) is 70.7 Å². The second-order valence-electron chi connectivity index (χ2n) is 6.19. The lowest BCUT2D eigenvalue weighted by Crippen LogP contribution is -2.11. The van der Waals surface area contributed by atoms with Gasteiger partial charge in [-0.1, -0.05) is 32.0 Å². The Hall–Kier alpha value is -1.52. The van der Waals surface area contributed by atoms with E-state index in [2.05, 4.69) is 72.3 Å². The van der Waals surface area contributed by atoms with Crippen molar-refractivity contribution in [2.24, 2.45) is 0 Å². The lowest BCUT2D eigenvalue weighted by atomic mass is 10.0. The average molecular weight is 392 g/mol. The molecule has 24 heavy (non-hydrogen) atoms. The number of halogens is 1. The minimum Gasteiger partial charge on any atom is -0.490 e. The Morgan fingerprint density at radius 2 is 1.71 bits per heavy atom. The van der Waals surface area contributed by atoms with Gasteiger partial charge in [0.1, 0.15) is 24.7 Å². The molecule has 1 N–H and O–H groups in total. The van der Waals surface area contributed by atoms with Crippen LogP contribution in [0, 0.1) is 6.92 Å². The molecule has 0 aliphatic rings. The van der Waals surface area contributed by atoms with E-state index in [1.54, 1.807) is 0 Å². The summed E-state index contributed by atoms with van der Waals surface area (Å²) in [6.07, 6.45) is 0. The molecule has 0 heterocycles. The first-order chi connectivity index (χ1) is 11.5. The second kappa shape index (κ2) is 9.09. The third-order valence-corrected chi connectivity index (χ3v) is 4.39. The number of nitrogens with one attached hydrogen (secondary N) is 1. The number of hydrogen-bond acceptors (Lipinski definition) is 3. The smallest absolute Gasteiger partial charge is 0.133 e. The average Bonchev–Trinajstić information content (AvgIpc) is 2.53. The van der Waals surface area contributed by atoms with Crippen molar-refractivity contribution in [1.29, 1.82) is 0 Å². The maximum atomic E-state index is 5.95. The number of benzene rings is 2. The Balaban J connectivity index is 1.90. The Morgan fingerprint density at radius 1 is 1.00 bits per heavy atom. The highest BCUT2D eigenvalue weighted by molar-refractivity contribution is 9.10. The van der Waals surface area contributed by atoms with Gasteiger partial charge >= 0.3 is 0 Å². The molecular weight excluding hydrogens is 366 g/mol. The molecule has 0 aliphatic carbocycles. The van der Waals surface area contributed by atoms with Crippen LogP contribution in [0.4, 0.5) is 0 Å². The zero-order valence-corrected chi connectivity index (χ0v) is 16.4. The van der Waals surface area contributed by atoms with Gasteiger partial charge in [-0.3, -0.25) is 0 Å². The van der Waals surface area contributed by atoms with E-state index in [-0.39, 0.29) is 0 Å². The normalized spacial score (nSPS) is 10.9. The van der Waals surface area contributed by atoms with E-state index in [0.29, 0.717) is 19.1 Å². The predicted molar refractivity (Wildman–Crippen MR) is 103 cm³/mol. The lowest BCUT2D eigenvalue weighted by molar-refractivity contribution is 0.214. The number of rotatable bonds is 8. The highest BCUT2D eigenvalue weighted by Gasteiger charge is 2.08. The largest absolute Gasteiger partial charge is 0.490 e. The van der Waals surface area contributed by atoms with Crippen LogP contribution in [0.25, 0.3) is 0 Å². The van der Waals surface area contributed by atoms with E-state index in [1.165, 1.54) is 16.7 Å². The molecule has 0 bridgehead atoms. The van der Waals surface area contributed by atoms with E-state index < -0.39 is 0 Å². The summed E-state index contributed by atoms with van der Waals surface area (Å²) in [5.41, 5.74) is 3.66. The van der Waals surface area contributed by atoms with Crippen LogP contribution in [-0.4, -0.2) is 20.3 Å². The van der Waals surface area contributed by atoms with Crippen molar-refractivity contribution in [1.82, 2.24) is 5.32 Å². The third kappa shape index (κ3) is 5.25. The zero-order chi connectivity index (χ0) is 17.5. The molecule has 0 fully saturated rings. The monoisotopic (exact) mass is 391 g/mol. The van der Waals surface area contributed by atoms with E-state index in [1.807, 2.05) is 13.1 Å². The molecule has 3 nitrogen and oxygen atoms in total. The maximum Gasteiger partial charge on any atom is 0.133 e. The van der Waals surface area contributed by atoms with Gasteiger partial charge in [0, 0.05) is 6.54 Å². The van der Waals surface area contributed by atoms with Crippen molar-refractivity contribution >= 4 is 15.9 Å². The summed E-state index contributed by atoms with van der Waals surface area (Å²) in [5, 5.41) is 3.14. The van der Waals surface area contributed by atoms with Gasteiger partial charge in [0.15, 0.2) is 0 Å². The standard InChI is InChI=1S/C20H26BrNO2/c1-14(2)17-7-5-15(3)11-20(17)24-10-9-23-19-8-6-16(13-22-4)12-18(19)21/h5-8,11-12,14,22H,9-10,13H2,1-4H3. The molecule has 2 aromatic rings. The van der Waals surface area contributed by atoms with Crippen molar-refractivity contribution in [3.8, 4) is 11.5 Å². The first-order valence-electron chi connectivity index (χ1n) is 8.30. The van der Waals surface area contributed by atoms with E-state index in [0.717, 1.165) is 22.5 Å². The number of hydrogen-bond donors (Lipinski definition) is 1. The fourth-order valence-corrected chi connectivity index (χ4v) is 3.06. The zero-order valence-electron chi connectivity index (χ0n) is 14.9. The minimum absolute atomic E-state index is 0.440. The molecule has 2 rings (SSSR count). The van der Waals surface area contributed by atoms with Gasteiger partial charge in [0.25, 0.3) is 0 Å². The number of aryl methyl sites for hydroxylation is 1. The molecule has 0 spiro atoms. The Morgan fingerprint density at radius 3 is 2.33 bits per heavy atom. The van der Waals surface area contributed by atoms with Crippen LogP contribution in [0.5, 0.6) is 11.5 Å². The van der Waals surface area contributed by atoms with Crippen molar-refractivity contribution in [2.45, 2.75) is 33.2 Å². The van der Waals surface area contributed by atoms with Gasteiger partial charge in [0.05, 0.1) is 4.47 Å². The van der Waals surface area contributed by atoms with E-state index in [9.17, 15) is 0 Å². The molecular formula is C20H26BrNO2. The third-order valence-electron chi connectivity index (χ3n) is 3.77. The first-order valence-corrected chi connectivity index (χ1v) is 9.09. The molecule has 0 unspecified atom stereocenters. The molecule has 0 radical (unpaired) electrons. The summed E-state index contributed by atoms with van der Waals surface area (Å²) in [7, 11) is 1.94. The summed E-state index contributed by atoms with van der Waals surface area (Å²) in [6.45, 7) is 8.31. The van der Waals surface area contributed by atoms with Gasteiger partial charge in [-0.15, -0.1) is 0 Å². The summed E-state index contributed by atoms with van der Waals surface area (Å²) in [4.78, 5) is 0. The van der Waals surface area contributed by atoms with Crippen LogP contribution >= 0.6 is 15.9 Å². The Labute approximate surface area is 153 Å². The van der Waals surface area contributed by atoms with Gasteiger partial charge in [-0.25, -0.2) is 0 Å². The minimum atomic E-state index is 0.440. The van der Waals surface area contributed by atoms with Gasteiger partial charge < -0.3 is 14.8 Å². The van der Waals surface area contributed by atoms with Gasteiger partial charge in [0.2, 0.25) is 0 Å². The molecule has 0 aliphatic heterocycles. The van der Waals surface area contributed by atoms with Crippen LogP contribution in [0.3, 0.4) is 0 Å². The van der Waals surface area contributed by atoms with Crippen LogP contribution in [-0.2, 0) is 6.54 Å². The van der Waals surface area contributed by atoms with E-state index >= 15 is 0 Å². The molecule has 4 heteroatoms. The van der Waals surface area contributed by atoms with Crippen molar-refractivity contribution in [3.05, 3.63) is 57.6 Å². The second-order valence-corrected chi connectivity index (χ2v) is 7.04. The molecule has 0 saturated carbocycles. The number of ether oxygens (including phenoxy) is 2. The molecule has 0 aromatic heterocycles. The summed E-state index contributed by atoms with van der Waals surface area (Å²) in [6, 6.07) is 12.5. The summed E-state index contributed by atoms with van der Waals surface area (Å²) >= 11 is 3.56. The highest BCUT2D eigenvalue weighted by Crippen LogP contribution is 2.28. The highest BCUT2D eigenvalue weighted by atomic mass is 79.9. The Bertz CT molecular complexity index is 671. The SMILES string of the molecule is CNCc1ccc(OCCOc2cc(C)ccc2C(C)C)c(Br)c1. The topological polar surface area (TPSA) is 30.5 Å². The Kier molecular flexibility index (Phi) is 7.13. The van der Waals surface area contributed by atoms with Crippen molar-refractivity contribution in [3.63, 3.8) is 0 Å². The van der Waals surface area contributed by atoms with Gasteiger partial charge in [-0.2, -0.15) is 0 Å². The van der Waals surface area contributed by atoms with Crippen LogP contribution in [0.15, 0.2) is 40.9 Å². The van der Waals surface area contributed by atoms with Crippen LogP contribution in [0.1, 0.15) is 36.5 Å². The lowest BCUT2D eigenvalue weighted by Gasteiger charge is -2.15. The molecule has 130 valence electrons. The quantitative estimate of drug-likeness (QED) is 0.637. The molecule has 0 atom stereocenters. The predicted octanol–water partition coefficient (Wildman–Crippen LogP) is 5.06. The molecule has 0 amide bonds. The van der Waals surface area contributed by atoms with Crippen molar-refractivity contribution in [2.75, 3.05) is 20.3 Å².